The minimum absolute atomic E-state index is 0.0993. The van der Waals surface area contributed by atoms with Gasteiger partial charge in [-0.25, -0.2) is 4.98 Å². The number of hydrogen-bond acceptors (Lipinski definition) is 3. The van der Waals surface area contributed by atoms with Crippen LogP contribution in [0.1, 0.15) is 25.5 Å². The number of nitrogens with one attached hydrogen (secondary N) is 1. The van der Waals surface area contributed by atoms with Gasteiger partial charge in [0, 0.05) is 18.2 Å². The fourth-order valence-corrected chi connectivity index (χ4v) is 2.11. The van der Waals surface area contributed by atoms with Gasteiger partial charge in [-0.05, 0) is 20.0 Å². The molecule has 0 spiro atoms. The number of nitrogens with zero attached hydrogens (tertiary/aromatic N) is 2. The van der Waals surface area contributed by atoms with Crippen LogP contribution in [0.4, 0.5) is 0 Å². The van der Waals surface area contributed by atoms with Gasteiger partial charge < -0.3 is 9.88 Å². The van der Waals surface area contributed by atoms with E-state index >= 15 is 0 Å². The molecule has 0 amide bonds. The van der Waals surface area contributed by atoms with Crippen molar-refractivity contribution in [3.8, 4) is 11.4 Å². The van der Waals surface area contributed by atoms with Gasteiger partial charge in [-0.15, -0.1) is 0 Å². The average Bonchev–Trinajstić information content (AvgIpc) is 2.45. The van der Waals surface area contributed by atoms with Crippen LogP contribution in [0.25, 0.3) is 11.4 Å². The molecule has 1 aromatic heterocycles. The van der Waals surface area contributed by atoms with E-state index in [1.165, 1.54) is 6.42 Å². The highest BCUT2D eigenvalue weighted by Crippen LogP contribution is 2.13. The smallest absolute Gasteiger partial charge is 0.251 e. The van der Waals surface area contributed by atoms with Crippen molar-refractivity contribution in [1.82, 2.24) is 14.9 Å². The zero-order chi connectivity index (χ0) is 14.4. The Hall–Kier alpha value is -1.94. The highest BCUT2D eigenvalue weighted by atomic mass is 16.1. The number of unbranched alkanes of at least 4 members (excludes halogenated alkanes) is 1. The molecule has 1 heterocycles. The average molecular weight is 271 g/mol. The van der Waals surface area contributed by atoms with Crippen molar-refractivity contribution in [1.29, 1.82) is 0 Å². The summed E-state index contributed by atoms with van der Waals surface area (Å²) in [6, 6.07) is 11.3. The van der Waals surface area contributed by atoms with Crippen molar-refractivity contribution >= 4 is 0 Å². The fraction of sp³-hybridized carbons (Fsp3) is 0.375. The van der Waals surface area contributed by atoms with Crippen LogP contribution in [-0.4, -0.2) is 28.5 Å². The van der Waals surface area contributed by atoms with Gasteiger partial charge in [-0.1, -0.05) is 43.7 Å². The molecule has 0 fully saturated rings. The lowest BCUT2D eigenvalue weighted by Gasteiger charge is -2.15. The third kappa shape index (κ3) is 4.03. The maximum absolute atomic E-state index is 11.8. The lowest BCUT2D eigenvalue weighted by molar-refractivity contribution is 0.317. The molecule has 2 rings (SSSR count). The summed E-state index contributed by atoms with van der Waals surface area (Å²) in [5, 5.41) is 0. The molecule has 2 aromatic rings. The zero-order valence-electron chi connectivity index (χ0n) is 12.1. The van der Waals surface area contributed by atoms with Crippen LogP contribution in [0.2, 0.25) is 0 Å². The highest BCUT2D eigenvalue weighted by molar-refractivity contribution is 5.54. The number of aromatic amines is 1. The number of H-pyrrole nitrogens is 1. The van der Waals surface area contributed by atoms with Gasteiger partial charge in [0.2, 0.25) is 0 Å². The van der Waals surface area contributed by atoms with Crippen molar-refractivity contribution in [2.75, 3.05) is 13.6 Å². The van der Waals surface area contributed by atoms with E-state index in [1.807, 2.05) is 30.3 Å². The molecule has 20 heavy (non-hydrogen) atoms. The van der Waals surface area contributed by atoms with Gasteiger partial charge in [-0.3, -0.25) is 4.79 Å². The second-order valence-electron chi connectivity index (χ2n) is 5.04. The summed E-state index contributed by atoms with van der Waals surface area (Å²) in [6.45, 7) is 3.89. The molecule has 106 valence electrons. The SMILES string of the molecule is CCCCN(C)Cc1cc(=O)[nH]c(-c2ccccc2)n1. The van der Waals surface area contributed by atoms with E-state index in [-0.39, 0.29) is 5.56 Å². The number of benzene rings is 1. The third-order valence-electron chi connectivity index (χ3n) is 3.17. The summed E-state index contributed by atoms with van der Waals surface area (Å²) in [6.07, 6.45) is 2.33. The van der Waals surface area contributed by atoms with Crippen molar-refractivity contribution < 1.29 is 0 Å². The van der Waals surface area contributed by atoms with E-state index in [0.29, 0.717) is 12.4 Å². The van der Waals surface area contributed by atoms with Gasteiger partial charge in [0.1, 0.15) is 5.82 Å². The second kappa shape index (κ2) is 7.01. The van der Waals surface area contributed by atoms with Crippen LogP contribution in [0, 0.1) is 0 Å². The first-order valence-electron chi connectivity index (χ1n) is 7.03. The quantitative estimate of drug-likeness (QED) is 0.878. The largest absolute Gasteiger partial charge is 0.307 e. The fourth-order valence-electron chi connectivity index (χ4n) is 2.11. The molecule has 0 atom stereocenters. The second-order valence-corrected chi connectivity index (χ2v) is 5.04. The molecule has 0 aliphatic rings. The lowest BCUT2D eigenvalue weighted by atomic mass is 10.2. The predicted molar refractivity (Wildman–Crippen MR) is 81.5 cm³/mol. The molecule has 4 nitrogen and oxygen atoms in total. The molecule has 0 radical (unpaired) electrons. The monoisotopic (exact) mass is 271 g/mol. The van der Waals surface area contributed by atoms with Crippen molar-refractivity contribution in [3.05, 3.63) is 52.4 Å². The summed E-state index contributed by atoms with van der Waals surface area (Å²) < 4.78 is 0. The highest BCUT2D eigenvalue weighted by Gasteiger charge is 2.06. The Bertz CT molecular complexity index is 592. The molecule has 0 aliphatic carbocycles. The van der Waals surface area contributed by atoms with Crippen LogP contribution in [0.15, 0.2) is 41.2 Å². The Labute approximate surface area is 119 Å². The molecule has 0 aliphatic heterocycles. The Kier molecular flexibility index (Phi) is 5.07. The Morgan fingerprint density at radius 1 is 1.25 bits per heavy atom. The predicted octanol–water partition coefficient (Wildman–Crippen LogP) is 2.67. The Balaban J connectivity index is 2.19. The summed E-state index contributed by atoms with van der Waals surface area (Å²) >= 11 is 0. The first kappa shape index (κ1) is 14.5. The summed E-state index contributed by atoms with van der Waals surface area (Å²) in [7, 11) is 2.06. The van der Waals surface area contributed by atoms with Crippen molar-refractivity contribution in [2.24, 2.45) is 0 Å². The van der Waals surface area contributed by atoms with Gasteiger partial charge in [0.05, 0.1) is 5.69 Å². The lowest BCUT2D eigenvalue weighted by Crippen LogP contribution is -2.21. The van der Waals surface area contributed by atoms with Crippen LogP contribution < -0.4 is 5.56 Å². The first-order chi connectivity index (χ1) is 9.69. The molecule has 1 aromatic carbocycles. The summed E-state index contributed by atoms with van der Waals surface area (Å²) in [5.41, 5.74) is 1.65. The zero-order valence-corrected chi connectivity index (χ0v) is 12.1. The topological polar surface area (TPSA) is 49.0 Å². The molecule has 0 unspecified atom stereocenters. The standard InChI is InChI=1S/C16H21N3O/c1-3-4-10-19(2)12-14-11-15(20)18-16(17-14)13-8-6-5-7-9-13/h5-9,11H,3-4,10,12H2,1-2H3,(H,17,18,20). The molecule has 0 saturated heterocycles. The van der Waals surface area contributed by atoms with E-state index in [2.05, 4.69) is 28.8 Å². The van der Waals surface area contributed by atoms with E-state index in [9.17, 15) is 4.79 Å². The molecular formula is C16H21N3O. The molecular weight excluding hydrogens is 250 g/mol. The molecule has 4 heteroatoms. The van der Waals surface area contributed by atoms with Gasteiger partial charge >= 0.3 is 0 Å². The van der Waals surface area contributed by atoms with E-state index in [0.717, 1.165) is 24.2 Å². The van der Waals surface area contributed by atoms with Gasteiger partial charge in [0.15, 0.2) is 0 Å². The van der Waals surface area contributed by atoms with Crippen molar-refractivity contribution in [2.45, 2.75) is 26.3 Å². The molecule has 0 bridgehead atoms. The normalized spacial score (nSPS) is 10.9. The molecule has 0 saturated carbocycles. The summed E-state index contributed by atoms with van der Waals surface area (Å²) in [4.78, 5) is 21.3. The van der Waals surface area contributed by atoms with Gasteiger partial charge in [-0.2, -0.15) is 0 Å². The van der Waals surface area contributed by atoms with Crippen molar-refractivity contribution in [3.63, 3.8) is 0 Å². The van der Waals surface area contributed by atoms with Crippen LogP contribution in [0.5, 0.6) is 0 Å². The Morgan fingerprint density at radius 3 is 2.70 bits per heavy atom. The maximum Gasteiger partial charge on any atom is 0.251 e. The van der Waals surface area contributed by atoms with Crippen LogP contribution >= 0.6 is 0 Å². The van der Waals surface area contributed by atoms with E-state index in [1.54, 1.807) is 6.07 Å². The number of hydrogen-bond donors (Lipinski definition) is 1. The minimum Gasteiger partial charge on any atom is -0.307 e. The van der Waals surface area contributed by atoms with E-state index in [4.69, 9.17) is 0 Å². The first-order valence-corrected chi connectivity index (χ1v) is 7.03. The molecule has 1 N–H and O–H groups in total. The van der Waals surface area contributed by atoms with Crippen LogP contribution in [-0.2, 0) is 6.54 Å². The van der Waals surface area contributed by atoms with Crippen LogP contribution in [0.3, 0.4) is 0 Å². The van der Waals surface area contributed by atoms with E-state index < -0.39 is 0 Å². The summed E-state index contributed by atoms with van der Waals surface area (Å²) in [5.74, 6) is 0.636. The van der Waals surface area contributed by atoms with Gasteiger partial charge in [0.25, 0.3) is 5.56 Å². The number of rotatable bonds is 6. The minimum atomic E-state index is -0.0993. The third-order valence-corrected chi connectivity index (χ3v) is 3.17. The number of aromatic nitrogens is 2. The maximum atomic E-state index is 11.8. The Morgan fingerprint density at radius 2 is 2.00 bits per heavy atom.